The van der Waals surface area contributed by atoms with Crippen LogP contribution < -0.4 is 20.1 Å². The van der Waals surface area contributed by atoms with Gasteiger partial charge in [0.25, 0.3) is 5.91 Å². The molecule has 1 atom stereocenters. The van der Waals surface area contributed by atoms with E-state index in [4.69, 9.17) is 14.2 Å². The molecule has 0 radical (unpaired) electrons. The highest BCUT2D eigenvalue weighted by Gasteiger charge is 2.26. The van der Waals surface area contributed by atoms with Gasteiger partial charge < -0.3 is 19.5 Å². The second kappa shape index (κ2) is 11.3. The number of carbonyl (C=O) groups excluding carboxylic acids is 3. The fourth-order valence-corrected chi connectivity index (χ4v) is 2.57. The van der Waals surface area contributed by atoms with Gasteiger partial charge in [0.15, 0.2) is 18.1 Å². The van der Waals surface area contributed by atoms with Crippen LogP contribution in [0.1, 0.15) is 17.2 Å². The van der Waals surface area contributed by atoms with Crippen LogP contribution in [0.4, 0.5) is 4.79 Å². The van der Waals surface area contributed by atoms with E-state index in [1.54, 1.807) is 48.5 Å². The van der Waals surface area contributed by atoms with Crippen LogP contribution in [0.15, 0.2) is 61.2 Å². The Morgan fingerprint density at radius 1 is 1.10 bits per heavy atom. The third-order valence-electron chi connectivity index (χ3n) is 4.01. The van der Waals surface area contributed by atoms with Gasteiger partial charge in [0, 0.05) is 12.6 Å². The molecule has 0 unspecified atom stereocenters. The molecule has 3 amide bonds. The molecule has 158 valence electrons. The smallest absolute Gasteiger partial charge is 0.345 e. The number of allylic oxidation sites excluding steroid dienone is 1. The predicted molar refractivity (Wildman–Crippen MR) is 110 cm³/mol. The molecule has 0 aromatic heterocycles. The van der Waals surface area contributed by atoms with Crippen molar-refractivity contribution in [1.82, 2.24) is 10.6 Å². The molecule has 2 aromatic rings. The van der Waals surface area contributed by atoms with Crippen molar-refractivity contribution < 1.29 is 28.6 Å². The Labute approximate surface area is 174 Å². The average Bonchev–Trinajstić information content (AvgIpc) is 2.77. The van der Waals surface area contributed by atoms with Crippen molar-refractivity contribution in [2.24, 2.45) is 0 Å². The van der Waals surface area contributed by atoms with Gasteiger partial charge in [0.05, 0.1) is 7.11 Å². The molecule has 0 bridgehead atoms. The van der Waals surface area contributed by atoms with Crippen LogP contribution in [-0.2, 0) is 20.7 Å². The summed E-state index contributed by atoms with van der Waals surface area (Å²) in [5.74, 6) is -0.749. The first-order chi connectivity index (χ1) is 14.5. The number of urea groups is 1. The molecule has 8 heteroatoms. The summed E-state index contributed by atoms with van der Waals surface area (Å²) < 4.78 is 16.1. The molecule has 2 N–H and O–H groups in total. The topological polar surface area (TPSA) is 103 Å². The lowest BCUT2D eigenvalue weighted by atomic mass is 10.1. The quantitative estimate of drug-likeness (QED) is 0.485. The number of rotatable bonds is 9. The molecule has 0 fully saturated rings. The van der Waals surface area contributed by atoms with Gasteiger partial charge in [-0.2, -0.15) is 0 Å². The molecule has 2 aromatic carbocycles. The van der Waals surface area contributed by atoms with E-state index in [0.29, 0.717) is 23.5 Å². The Morgan fingerprint density at radius 3 is 2.47 bits per heavy atom. The van der Waals surface area contributed by atoms with Crippen LogP contribution in [0.25, 0.3) is 0 Å². The summed E-state index contributed by atoms with van der Waals surface area (Å²) in [6, 6.07) is 12.9. The molecule has 0 saturated heterocycles. The van der Waals surface area contributed by atoms with Crippen molar-refractivity contribution in [2.75, 3.05) is 20.8 Å². The summed E-state index contributed by atoms with van der Waals surface area (Å²) >= 11 is 0. The third-order valence-corrected chi connectivity index (χ3v) is 4.01. The minimum absolute atomic E-state index is 0.355. The lowest BCUT2D eigenvalue weighted by molar-refractivity contribution is -0.158. The summed E-state index contributed by atoms with van der Waals surface area (Å²) in [5, 5.41) is 4.38. The monoisotopic (exact) mass is 412 g/mol. The maximum atomic E-state index is 12.4. The Morgan fingerprint density at radius 2 is 1.83 bits per heavy atom. The van der Waals surface area contributed by atoms with Gasteiger partial charge in [-0.25, -0.2) is 9.59 Å². The van der Waals surface area contributed by atoms with Crippen LogP contribution >= 0.6 is 0 Å². The van der Waals surface area contributed by atoms with Crippen molar-refractivity contribution in [3.63, 3.8) is 0 Å². The Hall–Kier alpha value is -3.81. The highest BCUT2D eigenvalue weighted by atomic mass is 16.6. The van der Waals surface area contributed by atoms with Crippen LogP contribution in [0.3, 0.4) is 0 Å². The second-order valence-electron chi connectivity index (χ2n) is 6.12. The summed E-state index contributed by atoms with van der Waals surface area (Å²) in [6.45, 7) is 3.24. The van der Waals surface area contributed by atoms with Crippen LogP contribution in [0.2, 0.25) is 0 Å². The van der Waals surface area contributed by atoms with Crippen molar-refractivity contribution in [3.05, 3.63) is 72.3 Å². The fraction of sp³-hybridized carbons (Fsp3) is 0.227. The molecule has 0 saturated carbocycles. The zero-order valence-electron chi connectivity index (χ0n) is 16.8. The van der Waals surface area contributed by atoms with Gasteiger partial charge in [0.2, 0.25) is 6.10 Å². The molecule has 0 aliphatic heterocycles. The van der Waals surface area contributed by atoms with Gasteiger partial charge in [0.1, 0.15) is 0 Å². The maximum absolute atomic E-state index is 12.4. The lowest BCUT2D eigenvalue weighted by Gasteiger charge is -2.18. The second-order valence-corrected chi connectivity index (χ2v) is 6.12. The zero-order chi connectivity index (χ0) is 21.9. The third kappa shape index (κ3) is 6.37. The molecule has 0 aliphatic rings. The first-order valence-corrected chi connectivity index (χ1v) is 9.16. The SMILES string of the molecule is C=CCc1ccc(OCC(=O)O[C@H](C(=O)NC(=O)NC)c2ccccc2)c(OC)c1. The number of ether oxygens (including phenoxy) is 3. The van der Waals surface area contributed by atoms with Gasteiger partial charge in [-0.05, 0) is 24.1 Å². The average molecular weight is 412 g/mol. The number of benzene rings is 2. The van der Waals surface area contributed by atoms with E-state index in [9.17, 15) is 14.4 Å². The number of amides is 3. The molecule has 30 heavy (non-hydrogen) atoms. The number of nitrogens with one attached hydrogen (secondary N) is 2. The van der Waals surface area contributed by atoms with E-state index in [0.717, 1.165) is 5.56 Å². The van der Waals surface area contributed by atoms with Crippen molar-refractivity contribution in [1.29, 1.82) is 0 Å². The minimum atomic E-state index is -1.31. The van der Waals surface area contributed by atoms with Crippen LogP contribution in [-0.4, -0.2) is 38.7 Å². The van der Waals surface area contributed by atoms with Crippen molar-refractivity contribution in [3.8, 4) is 11.5 Å². The van der Waals surface area contributed by atoms with Gasteiger partial charge in [-0.1, -0.05) is 42.5 Å². The van der Waals surface area contributed by atoms with E-state index in [1.165, 1.54) is 14.2 Å². The molecular formula is C22H24N2O6. The van der Waals surface area contributed by atoms with E-state index in [1.807, 2.05) is 6.07 Å². The predicted octanol–water partition coefficient (Wildman–Crippen LogP) is 2.54. The molecule has 8 nitrogen and oxygen atoms in total. The number of methoxy groups -OCH3 is 1. The Kier molecular flexibility index (Phi) is 8.43. The summed E-state index contributed by atoms with van der Waals surface area (Å²) in [7, 11) is 2.86. The van der Waals surface area contributed by atoms with E-state index >= 15 is 0 Å². The molecule has 0 heterocycles. The van der Waals surface area contributed by atoms with Crippen LogP contribution in [0.5, 0.6) is 11.5 Å². The number of imide groups is 1. The first kappa shape index (κ1) is 22.5. The standard InChI is InChI=1S/C22H24N2O6/c1-4-8-15-11-12-17(18(13-15)28-3)29-14-19(25)30-20(16-9-6-5-7-10-16)21(26)24-22(27)23-2/h4-7,9-13,20H,1,8,14H2,2-3H3,(H2,23,24,26,27)/t20-/m0/s1. The number of carbonyl (C=O) groups is 3. The van der Waals surface area contributed by atoms with Gasteiger partial charge >= 0.3 is 12.0 Å². The number of hydrogen-bond acceptors (Lipinski definition) is 6. The molecular weight excluding hydrogens is 388 g/mol. The van der Waals surface area contributed by atoms with Crippen molar-refractivity contribution >= 4 is 17.9 Å². The summed E-state index contributed by atoms with van der Waals surface area (Å²) in [5.41, 5.74) is 1.39. The molecule has 0 spiro atoms. The molecule has 0 aliphatic carbocycles. The van der Waals surface area contributed by atoms with E-state index in [-0.39, 0.29) is 0 Å². The number of hydrogen-bond donors (Lipinski definition) is 2. The zero-order valence-corrected chi connectivity index (χ0v) is 16.8. The normalized spacial score (nSPS) is 11.0. The summed E-state index contributed by atoms with van der Waals surface area (Å²) in [4.78, 5) is 36.2. The van der Waals surface area contributed by atoms with Crippen molar-refractivity contribution in [2.45, 2.75) is 12.5 Å². The first-order valence-electron chi connectivity index (χ1n) is 9.16. The lowest BCUT2D eigenvalue weighted by Crippen LogP contribution is -2.41. The van der Waals surface area contributed by atoms with E-state index < -0.39 is 30.6 Å². The largest absolute Gasteiger partial charge is 0.493 e. The molecule has 2 rings (SSSR count). The van der Waals surface area contributed by atoms with Gasteiger partial charge in [-0.3, -0.25) is 10.1 Å². The fourth-order valence-electron chi connectivity index (χ4n) is 2.57. The van der Waals surface area contributed by atoms with E-state index in [2.05, 4.69) is 17.2 Å². The highest BCUT2D eigenvalue weighted by Crippen LogP contribution is 2.28. The van der Waals surface area contributed by atoms with Gasteiger partial charge in [-0.15, -0.1) is 6.58 Å². The summed E-state index contributed by atoms with van der Waals surface area (Å²) in [6.07, 6.45) is 1.12. The maximum Gasteiger partial charge on any atom is 0.345 e. The Balaban J connectivity index is 2.08. The minimum Gasteiger partial charge on any atom is -0.493 e. The Bertz CT molecular complexity index is 898. The van der Waals surface area contributed by atoms with Crippen LogP contribution in [0, 0.1) is 0 Å². The number of esters is 1. The highest BCUT2D eigenvalue weighted by molar-refractivity contribution is 5.97.